The molecule has 1 fully saturated rings. The van der Waals surface area contributed by atoms with E-state index in [1.807, 2.05) is 12.1 Å². The summed E-state index contributed by atoms with van der Waals surface area (Å²) in [5, 5.41) is 4.03. The van der Waals surface area contributed by atoms with E-state index >= 15 is 0 Å². The number of hydrogen-bond donors (Lipinski definition) is 1. The molecule has 0 saturated carbocycles. The molecule has 5 heteroatoms. The number of rotatable bonds is 3. The first-order valence-electron chi connectivity index (χ1n) is 5.98. The molecule has 0 bridgehead atoms. The molecule has 2 rings (SSSR count). The first-order chi connectivity index (χ1) is 8.60. The highest BCUT2D eigenvalue weighted by molar-refractivity contribution is 6.35. The Kier molecular flexibility index (Phi) is 4.49. The predicted molar refractivity (Wildman–Crippen MR) is 73.9 cm³/mol. The van der Waals surface area contributed by atoms with Gasteiger partial charge in [-0.3, -0.25) is 9.69 Å². The van der Waals surface area contributed by atoms with Crippen LogP contribution in [-0.2, 0) is 11.3 Å². The van der Waals surface area contributed by atoms with E-state index in [4.69, 9.17) is 23.2 Å². The molecular weight excluding hydrogens is 271 g/mol. The zero-order valence-corrected chi connectivity index (χ0v) is 11.8. The maximum atomic E-state index is 11.5. The lowest BCUT2D eigenvalue weighted by atomic mass is 10.1. The molecule has 98 valence electrons. The minimum absolute atomic E-state index is 0.0982. The fraction of sp³-hybridized carbons (Fsp3) is 0.462. The van der Waals surface area contributed by atoms with Crippen LogP contribution >= 0.6 is 23.2 Å². The van der Waals surface area contributed by atoms with Gasteiger partial charge in [0.1, 0.15) is 0 Å². The van der Waals surface area contributed by atoms with Gasteiger partial charge in [-0.1, -0.05) is 29.3 Å². The van der Waals surface area contributed by atoms with E-state index in [9.17, 15) is 4.79 Å². The number of carbonyl (C=O) groups is 1. The van der Waals surface area contributed by atoms with E-state index in [1.165, 1.54) is 0 Å². The van der Waals surface area contributed by atoms with Gasteiger partial charge in [-0.25, -0.2) is 0 Å². The Morgan fingerprint density at radius 2 is 2.28 bits per heavy atom. The van der Waals surface area contributed by atoms with E-state index in [0.717, 1.165) is 31.6 Å². The van der Waals surface area contributed by atoms with E-state index in [1.54, 1.807) is 13.1 Å². The number of nitrogens with zero attached hydrogens (tertiary/aromatic N) is 1. The van der Waals surface area contributed by atoms with Crippen molar-refractivity contribution in [3.63, 3.8) is 0 Å². The van der Waals surface area contributed by atoms with Gasteiger partial charge in [0, 0.05) is 30.2 Å². The summed E-state index contributed by atoms with van der Waals surface area (Å²) in [6, 6.07) is 5.54. The summed E-state index contributed by atoms with van der Waals surface area (Å²) in [5.41, 5.74) is 1.05. The SMILES string of the molecule is CNC(=O)C1CCN(Cc2ccc(Cl)cc2Cl)C1. The summed E-state index contributed by atoms with van der Waals surface area (Å²) in [4.78, 5) is 13.8. The highest BCUT2D eigenvalue weighted by atomic mass is 35.5. The molecule has 1 aromatic rings. The Morgan fingerprint density at radius 3 is 2.94 bits per heavy atom. The third kappa shape index (κ3) is 3.16. The van der Waals surface area contributed by atoms with Crippen LogP contribution in [0.25, 0.3) is 0 Å². The largest absolute Gasteiger partial charge is 0.359 e. The summed E-state index contributed by atoms with van der Waals surface area (Å²) >= 11 is 12.0. The lowest BCUT2D eigenvalue weighted by molar-refractivity contribution is -0.124. The number of likely N-dealkylation sites (tertiary alicyclic amines) is 1. The molecule has 1 unspecified atom stereocenters. The summed E-state index contributed by atoms with van der Waals surface area (Å²) in [6.45, 7) is 2.49. The number of nitrogens with one attached hydrogen (secondary N) is 1. The van der Waals surface area contributed by atoms with Crippen LogP contribution in [0.15, 0.2) is 18.2 Å². The first-order valence-corrected chi connectivity index (χ1v) is 6.73. The molecule has 1 saturated heterocycles. The van der Waals surface area contributed by atoms with Gasteiger partial charge >= 0.3 is 0 Å². The summed E-state index contributed by atoms with van der Waals surface area (Å²) in [7, 11) is 1.68. The highest BCUT2D eigenvalue weighted by Crippen LogP contribution is 2.25. The van der Waals surface area contributed by atoms with Crippen LogP contribution in [0, 0.1) is 5.92 Å². The molecule has 18 heavy (non-hydrogen) atoms. The second kappa shape index (κ2) is 5.91. The molecule has 1 N–H and O–H groups in total. The Labute approximate surface area is 117 Å². The van der Waals surface area contributed by atoms with E-state index in [-0.39, 0.29) is 11.8 Å². The molecule has 0 aromatic heterocycles. The monoisotopic (exact) mass is 286 g/mol. The quantitative estimate of drug-likeness (QED) is 0.926. The molecule has 1 heterocycles. The van der Waals surface area contributed by atoms with Crippen molar-refractivity contribution >= 4 is 29.1 Å². The molecule has 3 nitrogen and oxygen atoms in total. The fourth-order valence-electron chi connectivity index (χ4n) is 2.29. The average Bonchev–Trinajstić information content (AvgIpc) is 2.80. The Balaban J connectivity index is 1.97. The number of benzene rings is 1. The second-order valence-electron chi connectivity index (χ2n) is 4.57. The zero-order chi connectivity index (χ0) is 13.1. The van der Waals surface area contributed by atoms with Crippen LogP contribution in [0.2, 0.25) is 10.0 Å². The van der Waals surface area contributed by atoms with Crippen LogP contribution in [0.4, 0.5) is 0 Å². The minimum Gasteiger partial charge on any atom is -0.359 e. The van der Waals surface area contributed by atoms with Crippen molar-refractivity contribution in [3.8, 4) is 0 Å². The summed E-state index contributed by atoms with van der Waals surface area (Å²) < 4.78 is 0. The standard InChI is InChI=1S/C13H16Cl2N2O/c1-16-13(18)10-4-5-17(8-10)7-9-2-3-11(14)6-12(9)15/h2-3,6,10H,4-5,7-8H2,1H3,(H,16,18). The van der Waals surface area contributed by atoms with Crippen LogP contribution in [0.1, 0.15) is 12.0 Å². The maximum absolute atomic E-state index is 11.5. The van der Waals surface area contributed by atoms with Gasteiger partial charge < -0.3 is 5.32 Å². The number of halogens is 2. The van der Waals surface area contributed by atoms with E-state index in [0.29, 0.717) is 10.0 Å². The van der Waals surface area contributed by atoms with E-state index < -0.39 is 0 Å². The molecular formula is C13H16Cl2N2O. The van der Waals surface area contributed by atoms with Gasteiger partial charge in [0.05, 0.1) is 5.92 Å². The van der Waals surface area contributed by atoms with Crippen molar-refractivity contribution in [2.45, 2.75) is 13.0 Å². The number of amides is 1. The van der Waals surface area contributed by atoms with Gasteiger partial charge in [0.2, 0.25) is 5.91 Å². The van der Waals surface area contributed by atoms with Crippen LogP contribution < -0.4 is 5.32 Å². The molecule has 1 aromatic carbocycles. The van der Waals surface area contributed by atoms with Gasteiger partial charge in [-0.2, -0.15) is 0 Å². The van der Waals surface area contributed by atoms with Gasteiger partial charge in [-0.15, -0.1) is 0 Å². The highest BCUT2D eigenvalue weighted by Gasteiger charge is 2.27. The minimum atomic E-state index is 0.0982. The maximum Gasteiger partial charge on any atom is 0.224 e. The van der Waals surface area contributed by atoms with Crippen LogP contribution in [0.5, 0.6) is 0 Å². The third-order valence-corrected chi connectivity index (χ3v) is 3.89. The van der Waals surface area contributed by atoms with Crippen molar-refractivity contribution in [2.24, 2.45) is 5.92 Å². The average molecular weight is 287 g/mol. The van der Waals surface area contributed by atoms with Gasteiger partial charge in [0.25, 0.3) is 0 Å². The Hall–Kier alpha value is -0.770. The van der Waals surface area contributed by atoms with Crippen molar-refractivity contribution < 1.29 is 4.79 Å². The Morgan fingerprint density at radius 1 is 1.50 bits per heavy atom. The lowest BCUT2D eigenvalue weighted by Gasteiger charge is -2.16. The molecule has 1 aliphatic heterocycles. The van der Waals surface area contributed by atoms with Gasteiger partial charge in [0.15, 0.2) is 0 Å². The van der Waals surface area contributed by atoms with Crippen LogP contribution in [0.3, 0.4) is 0 Å². The summed E-state index contributed by atoms with van der Waals surface area (Å²) in [5.74, 6) is 0.223. The molecule has 0 radical (unpaired) electrons. The molecule has 1 atom stereocenters. The van der Waals surface area contributed by atoms with E-state index in [2.05, 4.69) is 10.2 Å². The third-order valence-electron chi connectivity index (χ3n) is 3.30. The predicted octanol–water partition coefficient (Wildman–Crippen LogP) is 2.56. The zero-order valence-electron chi connectivity index (χ0n) is 10.2. The van der Waals surface area contributed by atoms with Crippen molar-refractivity contribution in [1.82, 2.24) is 10.2 Å². The van der Waals surface area contributed by atoms with Gasteiger partial charge in [-0.05, 0) is 30.7 Å². The Bertz CT molecular complexity index is 451. The topological polar surface area (TPSA) is 32.3 Å². The van der Waals surface area contributed by atoms with Crippen molar-refractivity contribution in [3.05, 3.63) is 33.8 Å². The number of hydrogen-bond acceptors (Lipinski definition) is 2. The summed E-state index contributed by atoms with van der Waals surface area (Å²) in [6.07, 6.45) is 0.908. The van der Waals surface area contributed by atoms with Crippen LogP contribution in [-0.4, -0.2) is 30.9 Å². The lowest BCUT2D eigenvalue weighted by Crippen LogP contribution is -2.30. The number of carbonyl (C=O) groups excluding carboxylic acids is 1. The first kappa shape index (κ1) is 13.7. The normalized spacial score (nSPS) is 20.1. The fourth-order valence-corrected chi connectivity index (χ4v) is 2.75. The van der Waals surface area contributed by atoms with Crippen molar-refractivity contribution in [2.75, 3.05) is 20.1 Å². The molecule has 1 aliphatic rings. The molecule has 1 amide bonds. The smallest absolute Gasteiger partial charge is 0.224 e. The van der Waals surface area contributed by atoms with Crippen molar-refractivity contribution in [1.29, 1.82) is 0 Å². The molecule has 0 aliphatic carbocycles. The second-order valence-corrected chi connectivity index (χ2v) is 5.41. The molecule has 0 spiro atoms.